The summed E-state index contributed by atoms with van der Waals surface area (Å²) in [5.74, 6) is -0.523. The zero-order chi connectivity index (χ0) is 19.5. The second-order valence-electron chi connectivity index (χ2n) is 7.85. The van der Waals surface area contributed by atoms with Crippen molar-refractivity contribution in [1.82, 2.24) is 14.7 Å². The first-order valence-corrected chi connectivity index (χ1v) is 9.37. The summed E-state index contributed by atoms with van der Waals surface area (Å²) in [5, 5.41) is 0. The summed E-state index contributed by atoms with van der Waals surface area (Å²) in [5.41, 5.74) is 4.41. The quantitative estimate of drug-likeness (QED) is 0.635. The predicted octanol–water partition coefficient (Wildman–Crippen LogP) is 0.652. The number of rotatable bonds is 8. The van der Waals surface area contributed by atoms with Crippen molar-refractivity contribution in [3.8, 4) is 0 Å². The highest BCUT2D eigenvalue weighted by molar-refractivity contribution is 6.09. The van der Waals surface area contributed by atoms with E-state index in [9.17, 15) is 14.4 Å². The number of ether oxygens (including phenoxy) is 1. The number of urea groups is 1. The SMILES string of the molecule is COC[C@@H](C)N1CCC2(CC1)C(=O)N(CC(N)=O)C(=O)N2CCC(C)C. The molecule has 0 radical (unpaired) electrons. The number of carbonyl (C=O) groups is 3. The first-order chi connectivity index (χ1) is 12.2. The van der Waals surface area contributed by atoms with Crippen LogP contribution in [0.15, 0.2) is 0 Å². The standard InChI is InChI=1S/C18H32N4O4/c1-13(2)5-8-22-17(25)21(11-15(19)23)16(24)18(22)6-9-20(10-7-18)14(3)12-26-4/h13-14H,5-12H2,1-4H3,(H2,19,23)/t14-/m1/s1. The van der Waals surface area contributed by atoms with Gasteiger partial charge in [0, 0.05) is 32.8 Å². The fourth-order valence-electron chi connectivity index (χ4n) is 3.94. The van der Waals surface area contributed by atoms with Crippen LogP contribution in [0.3, 0.4) is 0 Å². The minimum atomic E-state index is -0.843. The van der Waals surface area contributed by atoms with Gasteiger partial charge < -0.3 is 15.4 Å². The number of nitrogens with zero attached hydrogens (tertiary/aromatic N) is 3. The summed E-state index contributed by atoms with van der Waals surface area (Å²) in [6, 6.07) is -0.122. The molecule has 2 rings (SSSR count). The Morgan fingerprint density at radius 1 is 1.23 bits per heavy atom. The lowest BCUT2D eigenvalue weighted by Crippen LogP contribution is -2.58. The van der Waals surface area contributed by atoms with Crippen molar-refractivity contribution in [2.75, 3.05) is 39.9 Å². The van der Waals surface area contributed by atoms with Gasteiger partial charge in [-0.25, -0.2) is 4.79 Å². The Morgan fingerprint density at radius 2 is 1.85 bits per heavy atom. The fraction of sp³-hybridized carbons (Fsp3) is 0.833. The number of primary amides is 1. The average molecular weight is 368 g/mol. The van der Waals surface area contributed by atoms with Crippen LogP contribution in [-0.2, 0) is 14.3 Å². The number of methoxy groups -OCH3 is 1. The Bertz CT molecular complexity index is 543. The second-order valence-corrected chi connectivity index (χ2v) is 7.85. The van der Waals surface area contributed by atoms with E-state index in [1.165, 1.54) is 0 Å². The van der Waals surface area contributed by atoms with Gasteiger partial charge in [0.05, 0.1) is 6.61 Å². The van der Waals surface area contributed by atoms with Crippen LogP contribution < -0.4 is 5.73 Å². The molecular formula is C18H32N4O4. The zero-order valence-electron chi connectivity index (χ0n) is 16.4. The van der Waals surface area contributed by atoms with Crippen molar-refractivity contribution in [3.05, 3.63) is 0 Å². The molecule has 2 heterocycles. The van der Waals surface area contributed by atoms with E-state index >= 15 is 0 Å². The van der Waals surface area contributed by atoms with Crippen LogP contribution in [0.5, 0.6) is 0 Å². The molecule has 2 aliphatic heterocycles. The predicted molar refractivity (Wildman–Crippen MR) is 97.3 cm³/mol. The van der Waals surface area contributed by atoms with Gasteiger partial charge in [-0.2, -0.15) is 0 Å². The molecule has 2 saturated heterocycles. The van der Waals surface area contributed by atoms with E-state index in [1.807, 2.05) is 0 Å². The maximum Gasteiger partial charge on any atom is 0.328 e. The van der Waals surface area contributed by atoms with E-state index in [4.69, 9.17) is 10.5 Å². The Balaban J connectivity index is 2.20. The Labute approximate surface area is 155 Å². The summed E-state index contributed by atoms with van der Waals surface area (Å²) < 4.78 is 5.23. The minimum absolute atomic E-state index is 0.260. The van der Waals surface area contributed by atoms with Crippen LogP contribution in [0.2, 0.25) is 0 Å². The molecule has 2 fully saturated rings. The van der Waals surface area contributed by atoms with Crippen LogP contribution in [0.1, 0.15) is 40.0 Å². The fourth-order valence-corrected chi connectivity index (χ4v) is 3.94. The van der Waals surface area contributed by atoms with Gasteiger partial charge in [0.15, 0.2) is 0 Å². The van der Waals surface area contributed by atoms with Crippen LogP contribution in [0.4, 0.5) is 4.79 Å². The van der Waals surface area contributed by atoms with Crippen LogP contribution >= 0.6 is 0 Å². The van der Waals surface area contributed by atoms with E-state index in [0.717, 1.165) is 11.3 Å². The molecule has 148 valence electrons. The number of piperidine rings is 1. The molecule has 0 aromatic heterocycles. The van der Waals surface area contributed by atoms with E-state index in [0.29, 0.717) is 45.0 Å². The number of amides is 4. The van der Waals surface area contributed by atoms with Crippen LogP contribution in [0, 0.1) is 5.92 Å². The molecule has 0 aromatic carbocycles. The summed E-state index contributed by atoms with van der Waals surface area (Å²) >= 11 is 0. The highest BCUT2D eigenvalue weighted by Crippen LogP contribution is 2.38. The van der Waals surface area contributed by atoms with Gasteiger partial charge >= 0.3 is 6.03 Å². The van der Waals surface area contributed by atoms with Crippen molar-refractivity contribution in [3.63, 3.8) is 0 Å². The van der Waals surface area contributed by atoms with Gasteiger partial charge in [-0.05, 0) is 32.1 Å². The third-order valence-corrected chi connectivity index (χ3v) is 5.52. The molecular weight excluding hydrogens is 336 g/mol. The van der Waals surface area contributed by atoms with Crippen molar-refractivity contribution < 1.29 is 19.1 Å². The van der Waals surface area contributed by atoms with Crippen molar-refractivity contribution in [2.24, 2.45) is 11.7 Å². The summed E-state index contributed by atoms with van der Waals surface area (Å²) in [6.07, 6.45) is 1.95. The number of carbonyl (C=O) groups excluding carboxylic acids is 3. The molecule has 2 N–H and O–H groups in total. The zero-order valence-corrected chi connectivity index (χ0v) is 16.4. The average Bonchev–Trinajstić information content (AvgIpc) is 2.75. The third kappa shape index (κ3) is 4.01. The monoisotopic (exact) mass is 368 g/mol. The van der Waals surface area contributed by atoms with Gasteiger partial charge in [-0.1, -0.05) is 13.8 Å². The van der Waals surface area contributed by atoms with Crippen LogP contribution in [0.25, 0.3) is 0 Å². The molecule has 0 aromatic rings. The number of imide groups is 1. The van der Waals surface area contributed by atoms with Gasteiger partial charge in [-0.15, -0.1) is 0 Å². The minimum Gasteiger partial charge on any atom is -0.383 e. The number of likely N-dealkylation sites (tertiary alicyclic amines) is 1. The largest absolute Gasteiger partial charge is 0.383 e. The molecule has 0 bridgehead atoms. The van der Waals surface area contributed by atoms with E-state index in [-0.39, 0.29) is 24.5 Å². The third-order valence-electron chi connectivity index (χ3n) is 5.52. The molecule has 8 heteroatoms. The first kappa shape index (κ1) is 20.6. The molecule has 2 aliphatic rings. The lowest BCUT2D eigenvalue weighted by molar-refractivity contribution is -0.138. The van der Waals surface area contributed by atoms with Gasteiger partial charge in [0.1, 0.15) is 12.1 Å². The molecule has 26 heavy (non-hydrogen) atoms. The van der Waals surface area contributed by atoms with Crippen molar-refractivity contribution in [1.29, 1.82) is 0 Å². The normalized spacial score (nSPS) is 21.9. The smallest absolute Gasteiger partial charge is 0.328 e. The van der Waals surface area contributed by atoms with Gasteiger partial charge in [-0.3, -0.25) is 19.4 Å². The summed E-state index contributed by atoms with van der Waals surface area (Å²) in [4.78, 5) is 42.3. The lowest BCUT2D eigenvalue weighted by atomic mass is 9.85. The summed E-state index contributed by atoms with van der Waals surface area (Å²) in [6.45, 7) is 8.51. The second kappa shape index (κ2) is 8.35. The molecule has 4 amide bonds. The van der Waals surface area contributed by atoms with E-state index in [1.54, 1.807) is 12.0 Å². The highest BCUT2D eigenvalue weighted by Gasteiger charge is 2.58. The Kier molecular flexibility index (Phi) is 6.63. The molecule has 1 atom stereocenters. The number of hydrogen-bond acceptors (Lipinski definition) is 5. The summed E-state index contributed by atoms with van der Waals surface area (Å²) in [7, 11) is 1.68. The van der Waals surface area contributed by atoms with Gasteiger partial charge in [0.25, 0.3) is 5.91 Å². The Hall–Kier alpha value is -1.67. The first-order valence-electron chi connectivity index (χ1n) is 9.37. The van der Waals surface area contributed by atoms with Crippen molar-refractivity contribution in [2.45, 2.75) is 51.6 Å². The lowest BCUT2D eigenvalue weighted by Gasteiger charge is -2.44. The van der Waals surface area contributed by atoms with Crippen LogP contribution in [-0.4, -0.2) is 84.0 Å². The number of nitrogens with two attached hydrogens (primary N) is 1. The molecule has 0 saturated carbocycles. The van der Waals surface area contributed by atoms with E-state index in [2.05, 4.69) is 25.7 Å². The van der Waals surface area contributed by atoms with E-state index < -0.39 is 11.4 Å². The molecule has 8 nitrogen and oxygen atoms in total. The van der Waals surface area contributed by atoms with Gasteiger partial charge in [0.2, 0.25) is 5.91 Å². The topological polar surface area (TPSA) is 96.2 Å². The number of hydrogen-bond donors (Lipinski definition) is 1. The maximum absolute atomic E-state index is 13.1. The Morgan fingerprint density at radius 3 is 2.35 bits per heavy atom. The van der Waals surface area contributed by atoms with Crippen molar-refractivity contribution >= 4 is 17.8 Å². The highest BCUT2D eigenvalue weighted by atomic mass is 16.5. The molecule has 0 aliphatic carbocycles. The molecule has 1 spiro atoms. The maximum atomic E-state index is 13.1. The molecule has 0 unspecified atom stereocenters.